The molecule has 428 valence electrons. The Morgan fingerprint density at radius 1 is 0.463 bits per heavy atom. The molecule has 1 amide bonds. The molecule has 10 atom stereocenters. The highest BCUT2D eigenvalue weighted by Crippen LogP contribution is 2.38. The molecule has 0 spiro atoms. The van der Waals surface area contributed by atoms with E-state index in [1.165, 1.54) is 0 Å². The first-order valence-electron chi connectivity index (χ1n) is 27.2. The third-order valence-corrected chi connectivity index (χ3v) is 15.0. The molecule has 0 unspecified atom stereocenters. The van der Waals surface area contributed by atoms with Crippen molar-refractivity contribution in [1.82, 2.24) is 5.32 Å². The SMILES string of the molecule is O=C(NCCCCCCS[C@@H]1O[C@H](CO[C@@H]2O[C@H](CO)[C@H](OCc3ccccc3)[C@H](OCc3ccccc3)[C@H]2OCc2ccccc2)[C@H](OCc2ccccc2)[C@H](OCc2ccccc2)[C@H]1OCc1ccccc1)OCC(Cl)(Cl)Cl. The molecule has 0 radical (unpaired) electrons. The van der Waals surface area contributed by atoms with E-state index in [2.05, 4.69) is 5.32 Å². The van der Waals surface area contributed by atoms with Crippen LogP contribution in [0, 0.1) is 0 Å². The maximum absolute atomic E-state index is 12.1. The Bertz CT molecular complexity index is 2620. The Balaban J connectivity index is 1.08. The summed E-state index contributed by atoms with van der Waals surface area (Å²) in [4.78, 5) is 12.1. The number of benzene rings is 6. The molecule has 13 nitrogen and oxygen atoms in total. The van der Waals surface area contributed by atoms with Gasteiger partial charge in [0.2, 0.25) is 3.79 Å². The summed E-state index contributed by atoms with van der Waals surface area (Å²) < 4.78 is 65.9. The number of thioether (sulfide) groups is 1. The molecule has 2 saturated heterocycles. The van der Waals surface area contributed by atoms with Crippen LogP contribution in [0.25, 0.3) is 0 Å². The van der Waals surface area contributed by atoms with Gasteiger partial charge in [0.05, 0.1) is 52.9 Å². The number of alkyl halides is 3. The summed E-state index contributed by atoms with van der Waals surface area (Å²) >= 11 is 18.9. The van der Waals surface area contributed by atoms with E-state index in [1.54, 1.807) is 11.8 Å². The summed E-state index contributed by atoms with van der Waals surface area (Å²) in [6.07, 6.45) is -4.33. The zero-order chi connectivity index (χ0) is 55.6. The summed E-state index contributed by atoms with van der Waals surface area (Å²) in [7, 11) is 0. The number of unbranched alkanes of at least 4 members (excludes halogenated alkanes) is 3. The van der Waals surface area contributed by atoms with Gasteiger partial charge in [-0.15, -0.1) is 11.8 Å². The van der Waals surface area contributed by atoms with Crippen LogP contribution >= 0.6 is 46.6 Å². The van der Waals surface area contributed by atoms with Crippen LogP contribution in [0.2, 0.25) is 0 Å². The maximum atomic E-state index is 12.1. The third-order valence-electron chi connectivity index (χ3n) is 13.5. The lowest BCUT2D eigenvalue weighted by atomic mass is 9.97. The lowest BCUT2D eigenvalue weighted by molar-refractivity contribution is -0.336. The van der Waals surface area contributed by atoms with Crippen molar-refractivity contribution < 1.29 is 57.3 Å². The molecular weight excluding hydrogens is 1100 g/mol. The predicted octanol–water partition coefficient (Wildman–Crippen LogP) is 12.3. The highest BCUT2D eigenvalue weighted by Gasteiger charge is 2.52. The van der Waals surface area contributed by atoms with Gasteiger partial charge in [0.25, 0.3) is 0 Å². The molecular formula is C63H72Cl3NO12S. The van der Waals surface area contributed by atoms with Gasteiger partial charge in [-0.3, -0.25) is 0 Å². The van der Waals surface area contributed by atoms with E-state index < -0.39 is 70.4 Å². The van der Waals surface area contributed by atoms with Crippen LogP contribution < -0.4 is 5.32 Å². The number of amides is 1. The summed E-state index contributed by atoms with van der Waals surface area (Å²) in [6, 6.07) is 59.8. The Kier molecular flexibility index (Phi) is 25.7. The Labute approximate surface area is 489 Å². The van der Waals surface area contributed by atoms with Gasteiger partial charge in [0, 0.05) is 6.54 Å². The van der Waals surface area contributed by atoms with Crippen molar-refractivity contribution >= 4 is 52.7 Å². The highest BCUT2D eigenvalue weighted by atomic mass is 35.6. The fourth-order valence-electron chi connectivity index (χ4n) is 9.40. The number of hydrogen-bond donors (Lipinski definition) is 2. The van der Waals surface area contributed by atoms with Crippen LogP contribution in [0.1, 0.15) is 59.1 Å². The average molecular weight is 1170 g/mol. The van der Waals surface area contributed by atoms with Crippen molar-refractivity contribution in [2.75, 3.05) is 32.1 Å². The van der Waals surface area contributed by atoms with Crippen LogP contribution in [0.5, 0.6) is 0 Å². The topological polar surface area (TPSA) is 142 Å². The van der Waals surface area contributed by atoms with Crippen molar-refractivity contribution in [3.8, 4) is 0 Å². The predicted molar refractivity (Wildman–Crippen MR) is 311 cm³/mol. The van der Waals surface area contributed by atoms with E-state index in [0.717, 1.165) is 64.8 Å². The van der Waals surface area contributed by atoms with Gasteiger partial charge in [-0.05, 0) is 52.0 Å². The van der Waals surface area contributed by atoms with Crippen molar-refractivity contribution in [1.29, 1.82) is 0 Å². The molecule has 17 heteroatoms. The van der Waals surface area contributed by atoms with E-state index in [9.17, 15) is 9.90 Å². The zero-order valence-corrected chi connectivity index (χ0v) is 47.8. The molecule has 8 rings (SSSR count). The summed E-state index contributed by atoms with van der Waals surface area (Å²) in [6.45, 7) is 1.20. The fraction of sp³-hybridized carbons (Fsp3) is 0.413. The number of carbonyl (C=O) groups excluding carboxylic acids is 1. The number of carbonyl (C=O) groups is 1. The number of halogens is 3. The highest BCUT2D eigenvalue weighted by molar-refractivity contribution is 7.99. The standard InChI is InChI=1S/C63H72Cl3NO12S/c64-63(65,66)45-77-62(69)67-35-21-1-2-22-36-80-61-59(75-43-51-33-19-8-20-34-51)57(73-41-49-29-15-6-16-30-49)55(71-39-47-25-11-4-12-26-47)53(79-61)44-76-60-58(74-42-50-31-17-7-18-32-50)56(72-40-48-27-13-5-14-28-48)54(52(37-68)78-60)70-38-46-23-9-3-10-24-46/h3-20,23-34,52-61,68H,1-2,21-22,35-45H2,(H,67,69)/t52-,53-,54+,55+,56+,57+,58-,59-,60-,61+/m1/s1. The largest absolute Gasteiger partial charge is 0.445 e. The first-order chi connectivity index (χ1) is 39.2. The van der Waals surface area contributed by atoms with E-state index >= 15 is 0 Å². The number of rotatable bonds is 31. The van der Waals surface area contributed by atoms with Gasteiger partial charge in [-0.2, -0.15) is 0 Å². The van der Waals surface area contributed by atoms with E-state index in [0.29, 0.717) is 13.2 Å². The van der Waals surface area contributed by atoms with E-state index in [1.807, 2.05) is 182 Å². The monoisotopic (exact) mass is 1170 g/mol. The Morgan fingerprint density at radius 3 is 1.26 bits per heavy atom. The number of ether oxygens (including phenoxy) is 10. The number of hydrogen-bond acceptors (Lipinski definition) is 13. The normalized spacial score (nSPS) is 23.1. The quantitative estimate of drug-likeness (QED) is 0.0315. The summed E-state index contributed by atoms with van der Waals surface area (Å²) in [5, 5.41) is 13.9. The molecule has 0 aromatic heterocycles. The van der Waals surface area contributed by atoms with Gasteiger partial charge < -0.3 is 57.8 Å². The second-order valence-corrected chi connectivity index (χ2v) is 23.3. The second-order valence-electron chi connectivity index (χ2n) is 19.6. The van der Waals surface area contributed by atoms with Crippen LogP contribution in [0.15, 0.2) is 182 Å². The first-order valence-corrected chi connectivity index (χ1v) is 29.4. The number of alkyl carbamates (subject to hydrolysis) is 1. The molecule has 0 saturated carbocycles. The molecule has 2 fully saturated rings. The van der Waals surface area contributed by atoms with Crippen molar-refractivity contribution in [2.45, 2.75) is 130 Å². The number of aliphatic hydroxyl groups is 1. The lowest BCUT2D eigenvalue weighted by Crippen LogP contribution is -2.63. The number of nitrogens with one attached hydrogen (secondary N) is 1. The van der Waals surface area contributed by atoms with Gasteiger partial charge in [0.15, 0.2) is 6.29 Å². The minimum absolute atomic E-state index is 0.0286. The second kappa shape index (κ2) is 33.5. The first kappa shape index (κ1) is 61.5. The Morgan fingerprint density at radius 2 is 0.838 bits per heavy atom. The zero-order valence-electron chi connectivity index (χ0n) is 44.7. The van der Waals surface area contributed by atoms with E-state index in [4.69, 9.17) is 82.2 Å². The summed E-state index contributed by atoms with van der Waals surface area (Å²) in [5.74, 6) is 0.729. The van der Waals surface area contributed by atoms with Crippen LogP contribution in [0.4, 0.5) is 4.79 Å². The van der Waals surface area contributed by atoms with Crippen LogP contribution in [-0.4, -0.2) is 108 Å². The number of aliphatic hydroxyl groups excluding tert-OH is 1. The molecule has 0 aliphatic carbocycles. The van der Waals surface area contributed by atoms with Gasteiger partial charge in [-0.1, -0.05) is 230 Å². The van der Waals surface area contributed by atoms with Gasteiger partial charge in [0.1, 0.15) is 60.9 Å². The smallest absolute Gasteiger partial charge is 0.407 e. The minimum Gasteiger partial charge on any atom is -0.445 e. The molecule has 0 bridgehead atoms. The van der Waals surface area contributed by atoms with Crippen LogP contribution in [-0.2, 0) is 87.0 Å². The van der Waals surface area contributed by atoms with Crippen molar-refractivity contribution in [3.63, 3.8) is 0 Å². The third kappa shape index (κ3) is 20.4. The molecule has 80 heavy (non-hydrogen) atoms. The molecule has 2 N–H and O–H groups in total. The summed E-state index contributed by atoms with van der Waals surface area (Å²) in [5.41, 5.74) is 5.27. The van der Waals surface area contributed by atoms with Gasteiger partial charge >= 0.3 is 6.09 Å². The van der Waals surface area contributed by atoms with Crippen molar-refractivity contribution in [3.05, 3.63) is 215 Å². The molecule has 6 aromatic rings. The maximum Gasteiger partial charge on any atom is 0.407 e. The Hall–Kier alpha value is -4.59. The van der Waals surface area contributed by atoms with E-state index in [-0.39, 0.29) is 52.9 Å². The van der Waals surface area contributed by atoms with Gasteiger partial charge in [-0.25, -0.2) is 4.79 Å². The molecule has 2 heterocycles. The van der Waals surface area contributed by atoms with Crippen molar-refractivity contribution in [2.24, 2.45) is 0 Å². The van der Waals surface area contributed by atoms with Crippen LogP contribution in [0.3, 0.4) is 0 Å². The minimum atomic E-state index is -1.68. The molecule has 6 aromatic carbocycles. The molecule has 2 aliphatic rings. The average Bonchev–Trinajstić information content (AvgIpc) is 3.52. The fourth-order valence-corrected chi connectivity index (χ4v) is 10.8. The lowest BCUT2D eigenvalue weighted by Gasteiger charge is -2.48. The molecule has 2 aliphatic heterocycles.